The molecule has 20 heavy (non-hydrogen) atoms. The second-order valence-electron chi connectivity index (χ2n) is 4.52. The zero-order chi connectivity index (χ0) is 14.9. The summed E-state index contributed by atoms with van der Waals surface area (Å²) < 4.78 is 5.13. The van der Waals surface area contributed by atoms with Gasteiger partial charge in [-0.25, -0.2) is 4.98 Å². The third-order valence-electron chi connectivity index (χ3n) is 3.00. The van der Waals surface area contributed by atoms with E-state index in [0.717, 1.165) is 17.0 Å². The molecular weight excluding hydrogens is 280 g/mol. The van der Waals surface area contributed by atoms with Crippen LogP contribution in [-0.4, -0.2) is 16.0 Å². The minimum absolute atomic E-state index is 0.0781. The number of hydrogen-bond acceptors (Lipinski definition) is 5. The van der Waals surface area contributed by atoms with E-state index in [-0.39, 0.29) is 11.6 Å². The number of carbonyl (C=O) groups excluding carboxylic acids is 1. The third kappa shape index (κ3) is 2.75. The molecule has 1 atom stereocenters. The average Bonchev–Trinajstić information content (AvgIpc) is 2.71. The number of nitrogens with one attached hydrogen (secondary N) is 1. The number of amides is 1. The number of nitrogens with zero attached hydrogens (tertiary/aromatic N) is 2. The molecular formula is C13H15ClN4O2. The summed E-state index contributed by atoms with van der Waals surface area (Å²) in [5.74, 6) is 0.654. The van der Waals surface area contributed by atoms with Crippen LogP contribution in [0.4, 0.5) is 5.82 Å². The minimum atomic E-state index is -0.565. The van der Waals surface area contributed by atoms with Crippen LogP contribution in [0.15, 0.2) is 16.8 Å². The predicted octanol–water partition coefficient (Wildman–Crippen LogP) is 2.61. The van der Waals surface area contributed by atoms with Gasteiger partial charge in [0, 0.05) is 11.8 Å². The molecule has 7 heteroatoms. The third-order valence-corrected chi connectivity index (χ3v) is 3.29. The molecule has 0 saturated carbocycles. The van der Waals surface area contributed by atoms with E-state index in [2.05, 4.69) is 15.5 Å². The average molecular weight is 295 g/mol. The maximum absolute atomic E-state index is 11.0. The van der Waals surface area contributed by atoms with E-state index in [1.807, 2.05) is 20.8 Å². The Morgan fingerprint density at radius 1 is 1.50 bits per heavy atom. The smallest absolute Gasteiger partial charge is 0.250 e. The van der Waals surface area contributed by atoms with Gasteiger partial charge in [-0.2, -0.15) is 0 Å². The maximum atomic E-state index is 11.0. The first-order valence-corrected chi connectivity index (χ1v) is 6.42. The van der Waals surface area contributed by atoms with Crippen molar-refractivity contribution in [3.63, 3.8) is 0 Å². The van der Waals surface area contributed by atoms with Gasteiger partial charge in [0.15, 0.2) is 0 Å². The van der Waals surface area contributed by atoms with Gasteiger partial charge in [-0.15, -0.1) is 0 Å². The molecule has 2 rings (SSSR count). The van der Waals surface area contributed by atoms with Gasteiger partial charge in [0.2, 0.25) is 5.91 Å². The van der Waals surface area contributed by atoms with Crippen molar-refractivity contribution >= 4 is 23.3 Å². The number of primary amides is 1. The topological polar surface area (TPSA) is 94.0 Å². The van der Waals surface area contributed by atoms with Crippen LogP contribution in [0.5, 0.6) is 0 Å². The monoisotopic (exact) mass is 294 g/mol. The molecule has 3 N–H and O–H groups in total. The van der Waals surface area contributed by atoms with Crippen molar-refractivity contribution in [2.75, 3.05) is 5.32 Å². The van der Waals surface area contributed by atoms with E-state index in [1.54, 1.807) is 0 Å². The molecule has 0 aromatic carbocycles. The van der Waals surface area contributed by atoms with Crippen LogP contribution >= 0.6 is 11.6 Å². The zero-order valence-corrected chi connectivity index (χ0v) is 12.2. The molecule has 0 bridgehead atoms. The highest BCUT2D eigenvalue weighted by Gasteiger charge is 2.18. The lowest BCUT2D eigenvalue weighted by molar-refractivity contribution is 0.1000. The number of hydrogen-bond donors (Lipinski definition) is 2. The highest BCUT2D eigenvalue weighted by atomic mass is 35.5. The van der Waals surface area contributed by atoms with E-state index in [9.17, 15) is 4.79 Å². The molecule has 106 valence electrons. The van der Waals surface area contributed by atoms with Crippen LogP contribution in [0.2, 0.25) is 5.02 Å². The second kappa shape index (κ2) is 5.50. The fourth-order valence-electron chi connectivity index (χ4n) is 2.06. The molecule has 0 fully saturated rings. The van der Waals surface area contributed by atoms with Crippen LogP contribution < -0.4 is 11.1 Å². The number of anilines is 1. The van der Waals surface area contributed by atoms with Gasteiger partial charge in [-0.1, -0.05) is 16.8 Å². The summed E-state index contributed by atoms with van der Waals surface area (Å²) in [6, 6.07) is 1.41. The summed E-state index contributed by atoms with van der Waals surface area (Å²) >= 11 is 6.09. The van der Waals surface area contributed by atoms with Gasteiger partial charge in [0.05, 0.1) is 22.3 Å². The van der Waals surface area contributed by atoms with Crippen molar-refractivity contribution in [1.82, 2.24) is 10.1 Å². The van der Waals surface area contributed by atoms with E-state index in [1.165, 1.54) is 12.3 Å². The quantitative estimate of drug-likeness (QED) is 0.904. The van der Waals surface area contributed by atoms with Crippen LogP contribution in [0.25, 0.3) is 0 Å². The standard InChI is InChI=1S/C13H15ClN4O2/c1-6(11-7(2)18-20-8(11)3)17-13-10(14)4-9(5-16-13)12(15)19/h4-6H,1-3H3,(H2,15,19)(H,16,17). The van der Waals surface area contributed by atoms with Crippen LogP contribution in [0.1, 0.15) is 40.3 Å². The van der Waals surface area contributed by atoms with Crippen LogP contribution in [0.3, 0.4) is 0 Å². The Hall–Kier alpha value is -2.08. The normalized spacial score (nSPS) is 12.2. The van der Waals surface area contributed by atoms with E-state index in [0.29, 0.717) is 10.8 Å². The lowest BCUT2D eigenvalue weighted by Gasteiger charge is -2.15. The SMILES string of the molecule is Cc1noc(C)c1C(C)Nc1ncc(C(N)=O)cc1Cl. The zero-order valence-electron chi connectivity index (χ0n) is 11.4. The molecule has 1 unspecified atom stereocenters. The molecule has 2 aromatic heterocycles. The Balaban J connectivity index is 2.24. The molecule has 2 aromatic rings. The summed E-state index contributed by atoms with van der Waals surface area (Å²) in [5, 5.41) is 7.41. The number of rotatable bonds is 4. The first-order valence-electron chi connectivity index (χ1n) is 6.04. The second-order valence-corrected chi connectivity index (χ2v) is 4.93. The number of carbonyl (C=O) groups is 1. The van der Waals surface area contributed by atoms with Crippen molar-refractivity contribution in [2.45, 2.75) is 26.8 Å². The first-order chi connectivity index (χ1) is 9.40. The van der Waals surface area contributed by atoms with Crippen molar-refractivity contribution in [3.05, 3.63) is 39.9 Å². The molecule has 0 radical (unpaired) electrons. The largest absolute Gasteiger partial charge is 0.366 e. The Labute approximate surface area is 121 Å². The molecule has 0 aliphatic heterocycles. The van der Waals surface area contributed by atoms with E-state index in [4.69, 9.17) is 21.9 Å². The Bertz CT molecular complexity index is 634. The lowest BCUT2D eigenvalue weighted by atomic mass is 10.1. The summed E-state index contributed by atoms with van der Waals surface area (Å²) in [4.78, 5) is 15.2. The molecule has 2 heterocycles. The fraction of sp³-hybridized carbons (Fsp3) is 0.308. The summed E-state index contributed by atoms with van der Waals surface area (Å²) in [6.45, 7) is 5.67. The van der Waals surface area contributed by atoms with E-state index < -0.39 is 5.91 Å². The van der Waals surface area contributed by atoms with Gasteiger partial charge in [-0.05, 0) is 26.8 Å². The van der Waals surface area contributed by atoms with Gasteiger partial charge < -0.3 is 15.6 Å². The number of nitrogens with two attached hydrogens (primary N) is 1. The molecule has 1 amide bonds. The molecule has 0 saturated heterocycles. The Morgan fingerprint density at radius 2 is 2.20 bits per heavy atom. The Morgan fingerprint density at radius 3 is 2.70 bits per heavy atom. The van der Waals surface area contributed by atoms with Gasteiger partial charge in [0.1, 0.15) is 11.6 Å². The van der Waals surface area contributed by atoms with Gasteiger partial charge in [0.25, 0.3) is 0 Å². The van der Waals surface area contributed by atoms with Crippen molar-refractivity contribution in [1.29, 1.82) is 0 Å². The minimum Gasteiger partial charge on any atom is -0.366 e. The van der Waals surface area contributed by atoms with Gasteiger partial charge >= 0.3 is 0 Å². The van der Waals surface area contributed by atoms with Gasteiger partial charge in [-0.3, -0.25) is 4.79 Å². The highest BCUT2D eigenvalue weighted by Crippen LogP contribution is 2.27. The summed E-state index contributed by atoms with van der Waals surface area (Å²) in [5.41, 5.74) is 7.21. The number of halogens is 1. The van der Waals surface area contributed by atoms with Crippen molar-refractivity contribution in [2.24, 2.45) is 5.73 Å². The fourth-order valence-corrected chi connectivity index (χ4v) is 2.29. The first kappa shape index (κ1) is 14.3. The Kier molecular flexibility index (Phi) is 3.94. The summed E-state index contributed by atoms with van der Waals surface area (Å²) in [6.07, 6.45) is 1.39. The lowest BCUT2D eigenvalue weighted by Crippen LogP contribution is -2.13. The maximum Gasteiger partial charge on any atom is 0.250 e. The van der Waals surface area contributed by atoms with Crippen molar-refractivity contribution < 1.29 is 9.32 Å². The predicted molar refractivity (Wildman–Crippen MR) is 75.8 cm³/mol. The van der Waals surface area contributed by atoms with E-state index >= 15 is 0 Å². The van der Waals surface area contributed by atoms with Crippen LogP contribution in [-0.2, 0) is 0 Å². The number of pyridine rings is 1. The number of aryl methyl sites for hydroxylation is 2. The number of aromatic nitrogens is 2. The highest BCUT2D eigenvalue weighted by molar-refractivity contribution is 6.33. The van der Waals surface area contributed by atoms with Crippen molar-refractivity contribution in [3.8, 4) is 0 Å². The molecule has 0 spiro atoms. The van der Waals surface area contributed by atoms with Crippen LogP contribution in [0, 0.1) is 13.8 Å². The molecule has 6 nitrogen and oxygen atoms in total. The molecule has 0 aliphatic rings. The molecule has 0 aliphatic carbocycles. The summed E-state index contributed by atoms with van der Waals surface area (Å²) in [7, 11) is 0.